The molecule has 2 aromatic rings. The lowest BCUT2D eigenvalue weighted by atomic mass is 9.97. The molecule has 0 bridgehead atoms. The second-order valence-corrected chi connectivity index (χ2v) is 5.48. The first-order valence-corrected chi connectivity index (χ1v) is 6.82. The van der Waals surface area contributed by atoms with E-state index in [1.807, 2.05) is 37.7 Å². The van der Waals surface area contributed by atoms with Crippen molar-refractivity contribution in [2.24, 2.45) is 0 Å². The fraction of sp³-hybridized carbons (Fsp3) is 0.133. The highest BCUT2D eigenvalue weighted by Gasteiger charge is 2.13. The molecule has 0 amide bonds. The molecule has 0 aliphatic rings. The maximum absolute atomic E-state index is 11.9. The molecule has 0 aliphatic carbocycles. The van der Waals surface area contributed by atoms with Crippen molar-refractivity contribution < 1.29 is 9.53 Å². The molecule has 5 heteroatoms. The SMILES string of the molecule is BN(P)c1cc(C)cc(-c2ccccc2C(=O)OC)c1. The number of hydrogen-bond acceptors (Lipinski definition) is 3. The van der Waals surface area contributed by atoms with Crippen LogP contribution in [-0.2, 0) is 4.74 Å². The Hall–Kier alpha value is -1.80. The molecular formula is C15H17BNO2P. The van der Waals surface area contributed by atoms with Crippen LogP contribution in [0.2, 0.25) is 0 Å². The first-order valence-electron chi connectivity index (χ1n) is 6.30. The largest absolute Gasteiger partial charge is 0.465 e. The van der Waals surface area contributed by atoms with Crippen molar-refractivity contribution in [1.29, 1.82) is 0 Å². The van der Waals surface area contributed by atoms with Crippen molar-refractivity contribution >= 4 is 29.0 Å². The Morgan fingerprint density at radius 3 is 2.60 bits per heavy atom. The molecule has 0 fully saturated rings. The number of esters is 1. The first kappa shape index (κ1) is 14.6. The number of nitrogens with zero attached hydrogens (tertiary/aromatic N) is 1. The van der Waals surface area contributed by atoms with E-state index in [-0.39, 0.29) is 5.97 Å². The summed E-state index contributed by atoms with van der Waals surface area (Å²) in [6, 6.07) is 13.7. The van der Waals surface area contributed by atoms with Crippen molar-refractivity contribution in [2.45, 2.75) is 6.92 Å². The van der Waals surface area contributed by atoms with Gasteiger partial charge in [0.15, 0.2) is 0 Å². The van der Waals surface area contributed by atoms with E-state index in [1.165, 1.54) is 7.11 Å². The van der Waals surface area contributed by atoms with E-state index in [1.54, 1.807) is 6.07 Å². The number of carbonyl (C=O) groups excluding carboxylic acids is 1. The Morgan fingerprint density at radius 1 is 1.25 bits per heavy atom. The minimum atomic E-state index is -0.317. The van der Waals surface area contributed by atoms with Crippen molar-refractivity contribution in [2.75, 3.05) is 11.7 Å². The number of aryl methyl sites for hydroxylation is 1. The summed E-state index contributed by atoms with van der Waals surface area (Å²) < 4.78 is 6.82. The average Bonchev–Trinajstić information content (AvgIpc) is 2.45. The lowest BCUT2D eigenvalue weighted by Crippen LogP contribution is -2.05. The van der Waals surface area contributed by atoms with Crippen LogP contribution in [0, 0.1) is 6.92 Å². The Balaban J connectivity index is 2.60. The maximum Gasteiger partial charge on any atom is 0.338 e. The van der Waals surface area contributed by atoms with E-state index in [0.717, 1.165) is 22.4 Å². The standard InChI is InChI=1S/C15H17BNO2P/c1-10-7-11(9-12(8-10)17(16)20)13-5-3-4-6-14(13)15(18)19-2/h3-9H,16,20H2,1-2H3. The van der Waals surface area contributed by atoms with Crippen LogP contribution in [0.1, 0.15) is 15.9 Å². The van der Waals surface area contributed by atoms with Crippen LogP contribution in [0.15, 0.2) is 42.5 Å². The van der Waals surface area contributed by atoms with Crippen molar-refractivity contribution in [3.05, 3.63) is 53.6 Å². The van der Waals surface area contributed by atoms with Gasteiger partial charge in [0.25, 0.3) is 0 Å². The maximum atomic E-state index is 11.9. The fourth-order valence-electron chi connectivity index (χ4n) is 2.14. The molecule has 0 heterocycles. The van der Waals surface area contributed by atoms with Crippen LogP contribution in [0.25, 0.3) is 11.1 Å². The van der Waals surface area contributed by atoms with E-state index >= 15 is 0 Å². The van der Waals surface area contributed by atoms with Crippen LogP contribution < -0.4 is 4.58 Å². The van der Waals surface area contributed by atoms with Gasteiger partial charge in [0.1, 0.15) is 0 Å². The predicted octanol–water partition coefficient (Wildman–Crippen LogP) is 2.59. The predicted molar refractivity (Wildman–Crippen MR) is 88.7 cm³/mol. The summed E-state index contributed by atoms with van der Waals surface area (Å²) in [5, 5.41) is 0. The lowest BCUT2D eigenvalue weighted by Gasteiger charge is -2.16. The molecule has 2 rings (SSSR count). The minimum Gasteiger partial charge on any atom is -0.465 e. The zero-order valence-electron chi connectivity index (χ0n) is 11.9. The molecular weight excluding hydrogens is 268 g/mol. The van der Waals surface area contributed by atoms with Gasteiger partial charge in [0.2, 0.25) is 7.98 Å². The second-order valence-electron chi connectivity index (χ2n) is 4.71. The number of rotatable bonds is 3. The third-order valence-corrected chi connectivity index (χ3v) is 3.41. The molecule has 20 heavy (non-hydrogen) atoms. The number of ether oxygens (including phenoxy) is 1. The van der Waals surface area contributed by atoms with Crippen molar-refractivity contribution in [3.63, 3.8) is 0 Å². The number of benzene rings is 2. The van der Waals surface area contributed by atoms with Crippen molar-refractivity contribution in [3.8, 4) is 11.1 Å². The van der Waals surface area contributed by atoms with Gasteiger partial charge >= 0.3 is 5.97 Å². The van der Waals surface area contributed by atoms with Gasteiger partial charge in [0.05, 0.1) is 12.7 Å². The molecule has 2 aromatic carbocycles. The summed E-state index contributed by atoms with van der Waals surface area (Å²) in [4.78, 5) is 11.9. The number of carbonyl (C=O) groups is 1. The third-order valence-electron chi connectivity index (χ3n) is 3.11. The van der Waals surface area contributed by atoms with Gasteiger partial charge in [-0.15, -0.1) is 0 Å². The Labute approximate surface area is 122 Å². The van der Waals surface area contributed by atoms with E-state index in [4.69, 9.17) is 4.74 Å². The number of anilines is 1. The highest BCUT2D eigenvalue weighted by atomic mass is 31.0. The second kappa shape index (κ2) is 6.10. The van der Waals surface area contributed by atoms with E-state index in [0.29, 0.717) is 5.56 Å². The van der Waals surface area contributed by atoms with Gasteiger partial charge < -0.3 is 9.32 Å². The normalized spacial score (nSPS) is 10.2. The molecule has 1 unspecified atom stereocenters. The zero-order valence-corrected chi connectivity index (χ0v) is 13.0. The number of hydrogen-bond donors (Lipinski definition) is 0. The molecule has 0 spiro atoms. The number of methoxy groups -OCH3 is 1. The van der Waals surface area contributed by atoms with Gasteiger partial charge in [-0.3, -0.25) is 0 Å². The monoisotopic (exact) mass is 285 g/mol. The van der Waals surface area contributed by atoms with Gasteiger partial charge in [-0.2, -0.15) is 0 Å². The topological polar surface area (TPSA) is 29.5 Å². The summed E-state index contributed by atoms with van der Waals surface area (Å²) in [6.07, 6.45) is 0. The van der Waals surface area contributed by atoms with Gasteiger partial charge in [-0.25, -0.2) is 4.79 Å². The smallest absolute Gasteiger partial charge is 0.338 e. The Morgan fingerprint density at radius 2 is 1.95 bits per heavy atom. The quantitative estimate of drug-likeness (QED) is 0.493. The fourth-order valence-corrected chi connectivity index (χ4v) is 2.29. The third kappa shape index (κ3) is 3.02. The Kier molecular flexibility index (Phi) is 4.46. The molecule has 0 saturated carbocycles. The summed E-state index contributed by atoms with van der Waals surface area (Å²) in [6.45, 7) is 2.04. The van der Waals surface area contributed by atoms with Gasteiger partial charge in [0, 0.05) is 5.69 Å². The molecule has 3 nitrogen and oxygen atoms in total. The summed E-state index contributed by atoms with van der Waals surface area (Å²) in [7, 11) is 6.00. The average molecular weight is 285 g/mol. The minimum absolute atomic E-state index is 0.317. The zero-order chi connectivity index (χ0) is 14.7. The lowest BCUT2D eigenvalue weighted by molar-refractivity contribution is 0.0601. The van der Waals surface area contributed by atoms with Crippen LogP contribution >= 0.6 is 9.39 Å². The summed E-state index contributed by atoms with van der Waals surface area (Å²) in [5.74, 6) is -0.317. The van der Waals surface area contributed by atoms with Gasteiger partial charge in [-0.1, -0.05) is 33.7 Å². The van der Waals surface area contributed by atoms with E-state index < -0.39 is 0 Å². The highest BCUT2D eigenvalue weighted by molar-refractivity contribution is 7.22. The van der Waals surface area contributed by atoms with E-state index in [2.05, 4.69) is 27.6 Å². The molecule has 0 aliphatic heterocycles. The Bertz CT molecular complexity index is 644. The van der Waals surface area contributed by atoms with E-state index in [9.17, 15) is 4.79 Å². The van der Waals surface area contributed by atoms with Crippen LogP contribution in [0.5, 0.6) is 0 Å². The molecule has 0 N–H and O–H groups in total. The van der Waals surface area contributed by atoms with Crippen LogP contribution in [0.3, 0.4) is 0 Å². The van der Waals surface area contributed by atoms with Gasteiger partial charge in [-0.05, 0) is 41.8 Å². The van der Waals surface area contributed by atoms with Crippen molar-refractivity contribution in [1.82, 2.24) is 0 Å². The molecule has 0 radical (unpaired) electrons. The summed E-state index contributed by atoms with van der Waals surface area (Å²) in [5.41, 5.74) is 4.69. The molecule has 102 valence electrons. The molecule has 0 saturated heterocycles. The molecule has 0 aromatic heterocycles. The van der Waals surface area contributed by atoms with Crippen LogP contribution in [-0.4, -0.2) is 21.1 Å². The van der Waals surface area contributed by atoms with Crippen LogP contribution in [0.4, 0.5) is 5.69 Å². The molecule has 1 atom stereocenters. The summed E-state index contributed by atoms with van der Waals surface area (Å²) >= 11 is 0. The highest BCUT2D eigenvalue weighted by Crippen LogP contribution is 2.30. The first-order chi connectivity index (χ1) is 9.52.